The number of hydrogen-bond acceptors (Lipinski definition) is 5. The highest BCUT2D eigenvalue weighted by Gasteiger charge is 2.19. The van der Waals surface area contributed by atoms with Crippen molar-refractivity contribution in [2.24, 2.45) is 0 Å². The van der Waals surface area contributed by atoms with Gasteiger partial charge in [-0.1, -0.05) is 0 Å². The zero-order valence-electron chi connectivity index (χ0n) is 12.0. The number of aromatic nitrogens is 2. The van der Waals surface area contributed by atoms with Crippen LogP contribution in [0, 0.1) is 0 Å². The minimum Gasteiger partial charge on any atom is -0.383 e. The Morgan fingerprint density at radius 2 is 2.16 bits per heavy atom. The number of ether oxygens (including phenoxy) is 1. The topological polar surface area (TPSA) is 67.4 Å². The lowest BCUT2D eigenvalue weighted by Crippen LogP contribution is -2.39. The molecule has 0 aliphatic rings. The molecule has 0 bridgehead atoms. The molecule has 19 heavy (non-hydrogen) atoms. The number of nitrogens with one attached hydrogen (secondary N) is 1. The summed E-state index contributed by atoms with van der Waals surface area (Å²) >= 11 is 0. The molecule has 1 N–H and O–H groups in total. The molecule has 0 radical (unpaired) electrons. The van der Waals surface area contributed by atoms with Gasteiger partial charge in [-0.05, 0) is 20.8 Å². The monoisotopic (exact) mass is 266 g/mol. The predicted octanol–water partition coefficient (Wildman–Crippen LogP) is 1.41. The molecule has 0 aromatic carbocycles. The molecule has 1 aromatic rings. The van der Waals surface area contributed by atoms with Crippen LogP contribution in [0.2, 0.25) is 0 Å². The Hall–Kier alpha value is -1.69. The third kappa shape index (κ3) is 4.48. The third-order valence-electron chi connectivity index (χ3n) is 2.65. The summed E-state index contributed by atoms with van der Waals surface area (Å²) in [7, 11) is 1.62. The summed E-state index contributed by atoms with van der Waals surface area (Å²) < 4.78 is 5.02. The third-order valence-corrected chi connectivity index (χ3v) is 2.65. The van der Waals surface area contributed by atoms with Crippen molar-refractivity contribution in [3.8, 4) is 0 Å². The second-order valence-corrected chi connectivity index (χ2v) is 4.40. The molecule has 0 atom stereocenters. The van der Waals surface area contributed by atoms with Crippen LogP contribution in [0.1, 0.15) is 31.3 Å². The standard InChI is InChI=1S/C13H22N4O2/c1-5-14-12-9-15-11(8-16-12)13(18)17(10(2)3)6-7-19-4/h8-10H,5-7H2,1-4H3,(H,14,16). The van der Waals surface area contributed by atoms with Crippen LogP contribution in [0.5, 0.6) is 0 Å². The van der Waals surface area contributed by atoms with Gasteiger partial charge >= 0.3 is 0 Å². The molecule has 6 heteroatoms. The fourth-order valence-electron chi connectivity index (χ4n) is 1.64. The molecule has 0 unspecified atom stereocenters. The molecule has 6 nitrogen and oxygen atoms in total. The van der Waals surface area contributed by atoms with Gasteiger partial charge in [0.1, 0.15) is 11.5 Å². The van der Waals surface area contributed by atoms with Crippen molar-refractivity contribution in [3.05, 3.63) is 18.1 Å². The normalized spacial score (nSPS) is 10.6. The quantitative estimate of drug-likeness (QED) is 0.808. The first kappa shape index (κ1) is 15.4. The van der Waals surface area contributed by atoms with Crippen molar-refractivity contribution in [2.75, 3.05) is 32.1 Å². The van der Waals surface area contributed by atoms with Gasteiger partial charge in [-0.3, -0.25) is 4.79 Å². The molecule has 0 aliphatic heterocycles. The number of rotatable bonds is 7. The summed E-state index contributed by atoms with van der Waals surface area (Å²) in [5.74, 6) is 0.551. The van der Waals surface area contributed by atoms with Gasteiger partial charge in [0.25, 0.3) is 5.91 Å². The van der Waals surface area contributed by atoms with E-state index in [1.165, 1.54) is 6.20 Å². The highest BCUT2D eigenvalue weighted by molar-refractivity contribution is 5.92. The first-order chi connectivity index (χ1) is 9.10. The number of carbonyl (C=O) groups excluding carboxylic acids is 1. The van der Waals surface area contributed by atoms with Gasteiger partial charge in [0.05, 0.1) is 19.0 Å². The SMILES string of the molecule is CCNc1cnc(C(=O)N(CCOC)C(C)C)cn1. The van der Waals surface area contributed by atoms with Crippen LogP contribution in [0.15, 0.2) is 12.4 Å². The summed E-state index contributed by atoms with van der Waals surface area (Å²) in [5, 5.41) is 3.04. The molecule has 1 heterocycles. The summed E-state index contributed by atoms with van der Waals surface area (Å²) in [5.41, 5.74) is 0.353. The lowest BCUT2D eigenvalue weighted by Gasteiger charge is -2.25. The minimum atomic E-state index is -0.123. The summed E-state index contributed by atoms with van der Waals surface area (Å²) in [6.07, 6.45) is 3.08. The Kier molecular flexibility index (Phi) is 6.21. The maximum absolute atomic E-state index is 12.3. The van der Waals surface area contributed by atoms with Crippen molar-refractivity contribution in [1.82, 2.24) is 14.9 Å². The molecule has 0 aliphatic carbocycles. The molecule has 1 rings (SSSR count). The second-order valence-electron chi connectivity index (χ2n) is 4.40. The Balaban J connectivity index is 2.78. The van der Waals surface area contributed by atoms with E-state index in [4.69, 9.17) is 4.74 Å². The molecule has 0 saturated heterocycles. The van der Waals surface area contributed by atoms with Gasteiger partial charge < -0.3 is 15.0 Å². The van der Waals surface area contributed by atoms with E-state index in [9.17, 15) is 4.79 Å². The van der Waals surface area contributed by atoms with Crippen molar-refractivity contribution in [2.45, 2.75) is 26.8 Å². The van der Waals surface area contributed by atoms with E-state index in [0.29, 0.717) is 24.7 Å². The minimum absolute atomic E-state index is 0.0953. The first-order valence-corrected chi connectivity index (χ1v) is 6.46. The summed E-state index contributed by atoms with van der Waals surface area (Å²) in [6, 6.07) is 0.0953. The first-order valence-electron chi connectivity index (χ1n) is 6.46. The van der Waals surface area contributed by atoms with Crippen molar-refractivity contribution < 1.29 is 9.53 Å². The maximum Gasteiger partial charge on any atom is 0.274 e. The van der Waals surface area contributed by atoms with Gasteiger partial charge in [-0.15, -0.1) is 0 Å². The van der Waals surface area contributed by atoms with Gasteiger partial charge in [-0.2, -0.15) is 0 Å². The Morgan fingerprint density at radius 1 is 1.42 bits per heavy atom. The molecular formula is C13H22N4O2. The van der Waals surface area contributed by atoms with Crippen LogP contribution in [0.4, 0.5) is 5.82 Å². The summed E-state index contributed by atoms with van der Waals surface area (Å²) in [4.78, 5) is 22.3. The lowest BCUT2D eigenvalue weighted by atomic mass is 10.2. The van der Waals surface area contributed by atoms with Gasteiger partial charge in [-0.25, -0.2) is 9.97 Å². The number of nitrogens with zero attached hydrogens (tertiary/aromatic N) is 3. The van der Waals surface area contributed by atoms with E-state index >= 15 is 0 Å². The van der Waals surface area contributed by atoms with E-state index in [2.05, 4.69) is 15.3 Å². The molecule has 1 aromatic heterocycles. The average Bonchev–Trinajstić information content (AvgIpc) is 2.40. The average molecular weight is 266 g/mol. The largest absolute Gasteiger partial charge is 0.383 e. The highest BCUT2D eigenvalue weighted by atomic mass is 16.5. The highest BCUT2D eigenvalue weighted by Crippen LogP contribution is 2.07. The van der Waals surface area contributed by atoms with Crippen LogP contribution < -0.4 is 5.32 Å². The Morgan fingerprint density at radius 3 is 2.63 bits per heavy atom. The van der Waals surface area contributed by atoms with Gasteiger partial charge in [0.2, 0.25) is 0 Å². The smallest absolute Gasteiger partial charge is 0.274 e. The van der Waals surface area contributed by atoms with E-state index in [-0.39, 0.29) is 11.9 Å². The van der Waals surface area contributed by atoms with E-state index < -0.39 is 0 Å². The van der Waals surface area contributed by atoms with Gasteiger partial charge in [0.15, 0.2) is 0 Å². The summed E-state index contributed by atoms with van der Waals surface area (Å²) in [6.45, 7) is 7.73. The molecule has 0 saturated carbocycles. The van der Waals surface area contributed by atoms with E-state index in [1.807, 2.05) is 20.8 Å². The maximum atomic E-state index is 12.3. The number of carbonyl (C=O) groups is 1. The lowest BCUT2D eigenvalue weighted by molar-refractivity contribution is 0.0628. The Bertz CT molecular complexity index is 392. The van der Waals surface area contributed by atoms with Crippen LogP contribution in [-0.4, -0.2) is 53.6 Å². The molecule has 1 amide bonds. The van der Waals surface area contributed by atoms with Crippen LogP contribution in [0.25, 0.3) is 0 Å². The number of anilines is 1. The molecular weight excluding hydrogens is 244 g/mol. The van der Waals surface area contributed by atoms with E-state index in [0.717, 1.165) is 6.54 Å². The van der Waals surface area contributed by atoms with Crippen LogP contribution >= 0.6 is 0 Å². The fraction of sp³-hybridized carbons (Fsp3) is 0.615. The Labute approximate surface area is 114 Å². The van der Waals surface area contributed by atoms with Crippen molar-refractivity contribution >= 4 is 11.7 Å². The van der Waals surface area contributed by atoms with Gasteiger partial charge in [0, 0.05) is 26.2 Å². The van der Waals surface area contributed by atoms with E-state index in [1.54, 1.807) is 18.2 Å². The van der Waals surface area contributed by atoms with Crippen molar-refractivity contribution in [1.29, 1.82) is 0 Å². The zero-order valence-corrected chi connectivity index (χ0v) is 12.0. The fourth-order valence-corrected chi connectivity index (χ4v) is 1.64. The second kappa shape index (κ2) is 7.68. The zero-order chi connectivity index (χ0) is 14.3. The molecule has 0 spiro atoms. The molecule has 106 valence electrons. The van der Waals surface area contributed by atoms with Crippen molar-refractivity contribution in [3.63, 3.8) is 0 Å². The molecule has 0 fully saturated rings. The number of hydrogen-bond donors (Lipinski definition) is 1. The van der Waals surface area contributed by atoms with Crippen LogP contribution in [0.3, 0.4) is 0 Å². The number of amides is 1. The van der Waals surface area contributed by atoms with Crippen LogP contribution in [-0.2, 0) is 4.74 Å². The number of methoxy groups -OCH3 is 1. The predicted molar refractivity (Wildman–Crippen MR) is 74.2 cm³/mol.